The first kappa shape index (κ1) is 18.2. The van der Waals surface area contributed by atoms with Crippen LogP contribution in [0.15, 0.2) is 36.7 Å². The predicted octanol–water partition coefficient (Wildman–Crippen LogP) is 1.72. The van der Waals surface area contributed by atoms with Gasteiger partial charge >= 0.3 is 0 Å². The number of nitrogens with zero attached hydrogens (tertiary/aromatic N) is 3. The average Bonchev–Trinajstić information content (AvgIpc) is 3.37. The summed E-state index contributed by atoms with van der Waals surface area (Å²) >= 11 is 1.95. The molecule has 1 aromatic rings. The normalized spacial score (nSPS) is 34.1. The van der Waals surface area contributed by atoms with E-state index >= 15 is 0 Å². The van der Waals surface area contributed by atoms with E-state index in [0.29, 0.717) is 13.1 Å². The minimum atomic E-state index is -0.645. The zero-order valence-electron chi connectivity index (χ0n) is 16.0. The second kappa shape index (κ2) is 6.88. The van der Waals surface area contributed by atoms with Gasteiger partial charge in [-0.2, -0.15) is 11.8 Å². The van der Waals surface area contributed by atoms with E-state index in [4.69, 9.17) is 4.74 Å². The van der Waals surface area contributed by atoms with Crippen molar-refractivity contribution in [1.82, 2.24) is 14.8 Å². The Morgan fingerprint density at radius 3 is 3.00 bits per heavy atom. The Labute approximate surface area is 169 Å². The molecule has 0 saturated carbocycles. The number of amides is 2. The molecule has 28 heavy (non-hydrogen) atoms. The van der Waals surface area contributed by atoms with Crippen LogP contribution in [0.5, 0.6) is 0 Å². The number of carbonyl (C=O) groups is 2. The van der Waals surface area contributed by atoms with Crippen LogP contribution in [0, 0.1) is 11.8 Å². The third kappa shape index (κ3) is 2.78. The maximum Gasteiger partial charge on any atom is 0.230 e. The van der Waals surface area contributed by atoms with Crippen molar-refractivity contribution in [3.05, 3.63) is 42.2 Å². The van der Waals surface area contributed by atoms with Gasteiger partial charge in [-0.25, -0.2) is 0 Å². The molecule has 3 saturated heterocycles. The number of ether oxygens (including phenoxy) is 1. The van der Waals surface area contributed by atoms with Crippen molar-refractivity contribution in [1.29, 1.82) is 0 Å². The van der Waals surface area contributed by atoms with Gasteiger partial charge in [0.2, 0.25) is 11.8 Å². The quantitative estimate of drug-likeness (QED) is 0.722. The number of thioether (sulfide) groups is 1. The molecule has 4 aliphatic heterocycles. The molecule has 0 aliphatic carbocycles. The number of rotatable bonds is 4. The fourth-order valence-electron chi connectivity index (χ4n) is 5.19. The van der Waals surface area contributed by atoms with Crippen LogP contribution in [0.3, 0.4) is 0 Å². The van der Waals surface area contributed by atoms with E-state index in [1.807, 2.05) is 52.9 Å². The highest BCUT2D eigenvalue weighted by atomic mass is 32.2. The van der Waals surface area contributed by atoms with Gasteiger partial charge in [0.1, 0.15) is 5.60 Å². The van der Waals surface area contributed by atoms with E-state index in [-0.39, 0.29) is 24.0 Å². The Bertz CT molecular complexity index is 810. The smallest absolute Gasteiger partial charge is 0.230 e. The lowest BCUT2D eigenvalue weighted by Gasteiger charge is -2.35. The molecule has 5 heterocycles. The molecule has 148 valence electrons. The van der Waals surface area contributed by atoms with Crippen molar-refractivity contribution in [2.45, 2.75) is 37.1 Å². The molecular weight excluding hydrogens is 374 g/mol. The highest BCUT2D eigenvalue weighted by Gasteiger charge is 2.67. The fourth-order valence-corrected chi connectivity index (χ4v) is 6.28. The predicted molar refractivity (Wildman–Crippen MR) is 106 cm³/mol. The van der Waals surface area contributed by atoms with Gasteiger partial charge in [-0.1, -0.05) is 18.2 Å². The summed E-state index contributed by atoms with van der Waals surface area (Å²) in [5.41, 5.74) is 0.346. The number of pyridine rings is 1. The summed E-state index contributed by atoms with van der Waals surface area (Å²) in [6.07, 6.45) is 9.29. The van der Waals surface area contributed by atoms with Gasteiger partial charge in [-0.05, 0) is 36.0 Å². The molecule has 5 rings (SSSR count). The molecule has 3 fully saturated rings. The zero-order valence-corrected chi connectivity index (χ0v) is 16.8. The molecule has 1 spiro atoms. The molecule has 0 unspecified atom stereocenters. The lowest BCUT2D eigenvalue weighted by Crippen LogP contribution is -2.48. The van der Waals surface area contributed by atoms with Crippen LogP contribution in [-0.2, 0) is 20.9 Å². The Hall–Kier alpha value is -1.86. The molecule has 7 heteroatoms. The van der Waals surface area contributed by atoms with Gasteiger partial charge in [0.25, 0.3) is 0 Å². The van der Waals surface area contributed by atoms with Gasteiger partial charge in [0.15, 0.2) is 0 Å². The van der Waals surface area contributed by atoms with E-state index in [1.165, 1.54) is 0 Å². The van der Waals surface area contributed by atoms with Gasteiger partial charge in [-0.3, -0.25) is 14.6 Å². The number of fused-ring (bicyclic) bond motifs is 1. The van der Waals surface area contributed by atoms with Crippen LogP contribution >= 0.6 is 11.8 Å². The first-order valence-corrected chi connectivity index (χ1v) is 11.1. The molecule has 2 bridgehead atoms. The summed E-state index contributed by atoms with van der Waals surface area (Å²) in [6, 6.07) is 4.12. The summed E-state index contributed by atoms with van der Waals surface area (Å²) in [4.78, 5) is 34.6. The number of likely N-dealkylation sites (tertiary alicyclic amines) is 1. The van der Waals surface area contributed by atoms with E-state index in [9.17, 15) is 9.59 Å². The SMILES string of the molecule is CN(C(=O)[C@H]1[C@@H]2C=C[C@@]3(CN(Cc4cccnc4)C(=O)[C@H]13)O2)C1CCSCC1. The Morgan fingerprint density at radius 1 is 1.43 bits per heavy atom. The molecule has 0 N–H and O–H groups in total. The van der Waals surface area contributed by atoms with Crippen LogP contribution in [-0.4, -0.2) is 69.4 Å². The number of carbonyl (C=O) groups excluding carboxylic acids is 2. The van der Waals surface area contributed by atoms with Crippen molar-refractivity contribution in [3.8, 4) is 0 Å². The summed E-state index contributed by atoms with van der Waals surface area (Å²) in [5, 5.41) is 0. The van der Waals surface area contributed by atoms with E-state index in [2.05, 4.69) is 4.98 Å². The third-order valence-corrected chi connectivity index (χ3v) is 7.70. The number of hydrogen-bond donors (Lipinski definition) is 0. The maximum atomic E-state index is 13.4. The van der Waals surface area contributed by atoms with Crippen LogP contribution in [0.1, 0.15) is 18.4 Å². The van der Waals surface area contributed by atoms with Gasteiger partial charge in [0.05, 0.1) is 24.5 Å². The Kier molecular flexibility index (Phi) is 4.47. The van der Waals surface area contributed by atoms with E-state index in [0.717, 1.165) is 29.9 Å². The highest BCUT2D eigenvalue weighted by molar-refractivity contribution is 7.99. The monoisotopic (exact) mass is 399 g/mol. The van der Waals surface area contributed by atoms with Gasteiger partial charge in [0, 0.05) is 32.0 Å². The molecule has 0 aromatic carbocycles. The number of aromatic nitrogens is 1. The van der Waals surface area contributed by atoms with Gasteiger partial charge < -0.3 is 14.5 Å². The van der Waals surface area contributed by atoms with Crippen molar-refractivity contribution in [3.63, 3.8) is 0 Å². The number of hydrogen-bond acceptors (Lipinski definition) is 5. The Morgan fingerprint density at radius 2 is 2.25 bits per heavy atom. The van der Waals surface area contributed by atoms with Crippen molar-refractivity contribution in [2.24, 2.45) is 11.8 Å². The van der Waals surface area contributed by atoms with Crippen molar-refractivity contribution < 1.29 is 14.3 Å². The van der Waals surface area contributed by atoms with Crippen molar-refractivity contribution >= 4 is 23.6 Å². The zero-order chi connectivity index (χ0) is 19.3. The standard InChI is InChI=1S/C21H25N3O3S/c1-23(15-5-9-28-10-6-15)19(25)17-16-4-7-21(27-16)13-24(20(26)18(17)21)12-14-3-2-8-22-11-14/h2-4,7-8,11,15-18H,5-6,9-10,12-13H2,1H3/t16-,17-,18-,21-/m0/s1. The highest BCUT2D eigenvalue weighted by Crippen LogP contribution is 2.52. The second-order valence-corrected chi connectivity index (χ2v) is 9.47. The molecule has 6 nitrogen and oxygen atoms in total. The minimum absolute atomic E-state index is 0.0293. The molecular formula is C21H25N3O3S. The second-order valence-electron chi connectivity index (χ2n) is 8.25. The van der Waals surface area contributed by atoms with Crippen molar-refractivity contribution in [2.75, 3.05) is 25.1 Å². The fraction of sp³-hybridized carbons (Fsp3) is 0.571. The molecule has 4 aliphatic rings. The first-order chi connectivity index (χ1) is 13.6. The summed E-state index contributed by atoms with van der Waals surface area (Å²) < 4.78 is 6.25. The lowest BCUT2D eigenvalue weighted by molar-refractivity contribution is -0.144. The summed E-state index contributed by atoms with van der Waals surface area (Å²) in [6.45, 7) is 1.01. The largest absolute Gasteiger partial charge is 0.360 e. The summed E-state index contributed by atoms with van der Waals surface area (Å²) in [5.74, 6) is 1.47. The van der Waals surface area contributed by atoms with Crippen LogP contribution in [0.25, 0.3) is 0 Å². The molecule has 4 atom stereocenters. The van der Waals surface area contributed by atoms with Crippen LogP contribution < -0.4 is 0 Å². The average molecular weight is 400 g/mol. The van der Waals surface area contributed by atoms with Crippen LogP contribution in [0.2, 0.25) is 0 Å². The maximum absolute atomic E-state index is 13.4. The minimum Gasteiger partial charge on any atom is -0.360 e. The lowest BCUT2D eigenvalue weighted by atomic mass is 9.76. The summed E-state index contributed by atoms with van der Waals surface area (Å²) in [7, 11) is 1.90. The molecule has 1 aromatic heterocycles. The topological polar surface area (TPSA) is 62.7 Å². The first-order valence-electron chi connectivity index (χ1n) is 9.98. The van der Waals surface area contributed by atoms with Crippen LogP contribution in [0.4, 0.5) is 0 Å². The molecule has 2 amide bonds. The van der Waals surface area contributed by atoms with E-state index < -0.39 is 17.4 Å². The Balaban J connectivity index is 1.37. The van der Waals surface area contributed by atoms with Gasteiger partial charge in [-0.15, -0.1) is 0 Å². The van der Waals surface area contributed by atoms with E-state index in [1.54, 1.807) is 12.4 Å². The third-order valence-electron chi connectivity index (χ3n) is 6.65. The molecule has 0 radical (unpaired) electrons.